The van der Waals surface area contributed by atoms with Crippen molar-refractivity contribution in [2.75, 3.05) is 36.9 Å². The zero-order valence-corrected chi connectivity index (χ0v) is 11.4. The number of rotatable bonds is 9. The van der Waals surface area contributed by atoms with Crippen LogP contribution in [0, 0.1) is 6.92 Å². The Morgan fingerprint density at radius 1 is 1.32 bits per heavy atom. The summed E-state index contributed by atoms with van der Waals surface area (Å²) >= 11 is 0. The second-order valence-electron chi connectivity index (χ2n) is 4.07. The van der Waals surface area contributed by atoms with E-state index >= 15 is 0 Å². The number of amides is 1. The molecule has 106 valence electrons. The lowest BCUT2D eigenvalue weighted by atomic mass is 10.3. The number of primary amides is 1. The summed E-state index contributed by atoms with van der Waals surface area (Å²) in [5.74, 6) is 1.12. The number of anilines is 2. The van der Waals surface area contributed by atoms with Gasteiger partial charge in [0.25, 0.3) is 0 Å². The molecule has 0 spiro atoms. The van der Waals surface area contributed by atoms with Crippen LogP contribution in [0.2, 0.25) is 0 Å². The van der Waals surface area contributed by atoms with Crippen molar-refractivity contribution in [3.8, 4) is 0 Å². The van der Waals surface area contributed by atoms with Crippen LogP contribution >= 0.6 is 0 Å². The molecule has 1 heterocycles. The van der Waals surface area contributed by atoms with Gasteiger partial charge in [0.15, 0.2) is 0 Å². The second kappa shape index (κ2) is 8.25. The number of ether oxygens (including phenoxy) is 1. The molecule has 0 fully saturated rings. The first-order chi connectivity index (χ1) is 9.15. The molecule has 19 heavy (non-hydrogen) atoms. The molecule has 0 saturated heterocycles. The smallest absolute Gasteiger partial charge is 0.243 e. The van der Waals surface area contributed by atoms with E-state index in [-0.39, 0.29) is 6.61 Å². The summed E-state index contributed by atoms with van der Waals surface area (Å²) in [5, 5.41) is 6.37. The molecule has 0 aromatic carbocycles. The van der Waals surface area contributed by atoms with Gasteiger partial charge in [0, 0.05) is 18.7 Å². The Hall–Kier alpha value is -1.89. The van der Waals surface area contributed by atoms with Crippen molar-refractivity contribution < 1.29 is 9.53 Å². The fraction of sp³-hybridized carbons (Fsp3) is 0.583. The molecule has 0 radical (unpaired) electrons. The summed E-state index contributed by atoms with van der Waals surface area (Å²) in [5.41, 5.74) is 5.93. The van der Waals surface area contributed by atoms with E-state index in [1.54, 1.807) is 0 Å². The van der Waals surface area contributed by atoms with Crippen LogP contribution in [0.15, 0.2) is 6.33 Å². The predicted molar refractivity (Wildman–Crippen MR) is 74.1 cm³/mol. The first-order valence-corrected chi connectivity index (χ1v) is 6.30. The Morgan fingerprint density at radius 2 is 1.95 bits per heavy atom. The van der Waals surface area contributed by atoms with Crippen molar-refractivity contribution in [2.45, 2.75) is 20.3 Å². The summed E-state index contributed by atoms with van der Waals surface area (Å²) in [6.45, 7) is 5.80. The minimum absolute atomic E-state index is 0.0618. The third-order valence-electron chi connectivity index (χ3n) is 2.41. The highest BCUT2D eigenvalue weighted by atomic mass is 16.5. The normalized spacial score (nSPS) is 10.2. The van der Waals surface area contributed by atoms with Gasteiger partial charge in [-0.1, -0.05) is 6.92 Å². The molecule has 1 rings (SSSR count). The van der Waals surface area contributed by atoms with Crippen molar-refractivity contribution >= 4 is 17.5 Å². The van der Waals surface area contributed by atoms with E-state index < -0.39 is 5.91 Å². The van der Waals surface area contributed by atoms with Crippen molar-refractivity contribution in [3.05, 3.63) is 11.9 Å². The Balaban J connectivity index is 2.42. The topological polar surface area (TPSA) is 102 Å². The number of carbonyl (C=O) groups excluding carboxylic acids is 1. The van der Waals surface area contributed by atoms with Gasteiger partial charge in [0.1, 0.15) is 24.6 Å². The molecule has 7 nitrogen and oxygen atoms in total. The molecule has 0 unspecified atom stereocenters. The Kier molecular flexibility index (Phi) is 6.59. The highest BCUT2D eigenvalue weighted by molar-refractivity contribution is 5.74. The lowest BCUT2D eigenvalue weighted by molar-refractivity contribution is -0.122. The predicted octanol–water partition coefficient (Wildman–Crippen LogP) is 0.521. The minimum Gasteiger partial charge on any atom is -0.370 e. The molecular weight excluding hydrogens is 246 g/mol. The molecule has 0 aliphatic rings. The van der Waals surface area contributed by atoms with Crippen LogP contribution in [0.1, 0.15) is 18.9 Å². The number of hydrogen-bond acceptors (Lipinski definition) is 6. The largest absolute Gasteiger partial charge is 0.370 e. The van der Waals surface area contributed by atoms with Crippen LogP contribution in [0.3, 0.4) is 0 Å². The molecule has 0 saturated carbocycles. The Labute approximate surface area is 113 Å². The molecule has 0 atom stereocenters. The van der Waals surface area contributed by atoms with Gasteiger partial charge in [-0.05, 0) is 13.3 Å². The van der Waals surface area contributed by atoms with Crippen LogP contribution in [0.25, 0.3) is 0 Å². The summed E-state index contributed by atoms with van der Waals surface area (Å²) in [7, 11) is 0. The van der Waals surface area contributed by atoms with Gasteiger partial charge in [-0.3, -0.25) is 4.79 Å². The van der Waals surface area contributed by atoms with Crippen molar-refractivity contribution in [3.63, 3.8) is 0 Å². The molecule has 4 N–H and O–H groups in total. The zero-order chi connectivity index (χ0) is 14.1. The number of aromatic nitrogens is 2. The average molecular weight is 267 g/mol. The number of nitrogens with zero attached hydrogens (tertiary/aromatic N) is 2. The molecule has 0 aliphatic carbocycles. The summed E-state index contributed by atoms with van der Waals surface area (Å²) in [4.78, 5) is 18.8. The molecule has 0 aliphatic heterocycles. The Bertz CT molecular complexity index is 411. The molecule has 1 aromatic heterocycles. The van der Waals surface area contributed by atoms with Crippen LogP contribution in [0.4, 0.5) is 11.6 Å². The van der Waals surface area contributed by atoms with Crippen molar-refractivity contribution in [1.82, 2.24) is 9.97 Å². The van der Waals surface area contributed by atoms with Gasteiger partial charge >= 0.3 is 0 Å². The maximum Gasteiger partial charge on any atom is 0.243 e. The Morgan fingerprint density at radius 3 is 2.53 bits per heavy atom. The fourth-order valence-electron chi connectivity index (χ4n) is 1.46. The summed E-state index contributed by atoms with van der Waals surface area (Å²) in [6, 6.07) is 0. The second-order valence-corrected chi connectivity index (χ2v) is 4.07. The van der Waals surface area contributed by atoms with E-state index in [2.05, 4.69) is 27.5 Å². The van der Waals surface area contributed by atoms with Gasteiger partial charge in [0.05, 0.1) is 6.61 Å². The molecule has 1 aromatic rings. The monoisotopic (exact) mass is 267 g/mol. The third kappa shape index (κ3) is 5.52. The molecular formula is C12H21N5O2. The van der Waals surface area contributed by atoms with Gasteiger partial charge < -0.3 is 21.1 Å². The van der Waals surface area contributed by atoms with E-state index in [0.717, 1.165) is 30.2 Å². The summed E-state index contributed by atoms with van der Waals surface area (Å²) < 4.78 is 5.06. The van der Waals surface area contributed by atoms with Crippen LogP contribution in [-0.4, -0.2) is 42.2 Å². The van der Waals surface area contributed by atoms with Gasteiger partial charge in [-0.2, -0.15) is 0 Å². The van der Waals surface area contributed by atoms with E-state index in [0.29, 0.717) is 13.2 Å². The summed E-state index contributed by atoms with van der Waals surface area (Å²) in [6.07, 6.45) is 2.55. The van der Waals surface area contributed by atoms with Crippen LogP contribution in [-0.2, 0) is 9.53 Å². The van der Waals surface area contributed by atoms with Gasteiger partial charge in [-0.25, -0.2) is 9.97 Å². The fourth-order valence-corrected chi connectivity index (χ4v) is 1.46. The SMILES string of the molecule is CCCNc1ncnc(NCCOCC(N)=O)c1C. The van der Waals surface area contributed by atoms with Crippen LogP contribution in [0.5, 0.6) is 0 Å². The van der Waals surface area contributed by atoms with E-state index in [9.17, 15) is 4.79 Å². The number of carbonyl (C=O) groups is 1. The third-order valence-corrected chi connectivity index (χ3v) is 2.41. The number of hydrogen-bond donors (Lipinski definition) is 3. The van der Waals surface area contributed by atoms with Crippen molar-refractivity contribution in [1.29, 1.82) is 0 Å². The number of nitrogens with one attached hydrogen (secondary N) is 2. The zero-order valence-electron chi connectivity index (χ0n) is 11.4. The number of nitrogens with two attached hydrogens (primary N) is 1. The van der Waals surface area contributed by atoms with E-state index in [1.165, 1.54) is 6.33 Å². The van der Waals surface area contributed by atoms with Crippen molar-refractivity contribution in [2.24, 2.45) is 5.73 Å². The minimum atomic E-state index is -0.468. The standard InChI is InChI=1S/C12H21N5O2/c1-3-4-14-11-9(2)12(17-8-16-11)15-5-6-19-7-10(13)18/h8H,3-7H2,1-2H3,(H2,13,18)(H2,14,15,16,17). The first kappa shape index (κ1) is 15.2. The quantitative estimate of drug-likeness (QED) is 0.564. The van der Waals surface area contributed by atoms with Gasteiger partial charge in [-0.15, -0.1) is 0 Å². The molecule has 1 amide bonds. The van der Waals surface area contributed by atoms with E-state index in [4.69, 9.17) is 10.5 Å². The lowest BCUT2D eigenvalue weighted by Gasteiger charge is -2.12. The molecule has 7 heteroatoms. The lowest BCUT2D eigenvalue weighted by Crippen LogP contribution is -2.21. The maximum atomic E-state index is 10.5. The van der Waals surface area contributed by atoms with Gasteiger partial charge in [0.2, 0.25) is 5.91 Å². The highest BCUT2D eigenvalue weighted by Crippen LogP contribution is 2.17. The first-order valence-electron chi connectivity index (χ1n) is 6.30. The van der Waals surface area contributed by atoms with E-state index in [1.807, 2.05) is 6.92 Å². The maximum absolute atomic E-state index is 10.5. The van der Waals surface area contributed by atoms with Crippen LogP contribution < -0.4 is 16.4 Å². The highest BCUT2D eigenvalue weighted by Gasteiger charge is 2.05. The average Bonchev–Trinajstić information content (AvgIpc) is 2.38. The molecule has 0 bridgehead atoms.